The quantitative estimate of drug-likeness (QED) is 0.0608. The van der Waals surface area contributed by atoms with Gasteiger partial charge in [-0.15, -0.1) is 0 Å². The largest absolute Gasteiger partial charge is 0.310 e. The molecule has 0 aliphatic heterocycles. The van der Waals surface area contributed by atoms with E-state index in [2.05, 4.69) is 374 Å². The highest BCUT2D eigenvalue weighted by Gasteiger charge is 2.43. The van der Waals surface area contributed by atoms with Crippen molar-refractivity contribution in [3.63, 3.8) is 0 Å². The van der Waals surface area contributed by atoms with E-state index >= 15 is 0 Å². The maximum Gasteiger partial charge on any atom is 0.179 e. The minimum absolute atomic E-state index is 1.09. The molecule has 0 fully saturated rings. The zero-order valence-electron chi connectivity index (χ0n) is 48.5. The third kappa shape index (κ3) is 8.75. The summed E-state index contributed by atoms with van der Waals surface area (Å²) in [7, 11) is -5.59. The summed E-state index contributed by atoms with van der Waals surface area (Å²) in [6, 6.07) is 136. The van der Waals surface area contributed by atoms with Crippen molar-refractivity contribution in [3.8, 4) is 0 Å². The Morgan fingerprint density at radius 2 is 0.409 bits per heavy atom. The molecule has 0 heterocycles. The van der Waals surface area contributed by atoms with E-state index in [4.69, 9.17) is 0 Å². The van der Waals surface area contributed by atoms with Crippen molar-refractivity contribution in [1.82, 2.24) is 0 Å². The van der Waals surface area contributed by atoms with Gasteiger partial charge in [0.05, 0.1) is 11.4 Å². The maximum atomic E-state index is 2.49. The Morgan fingerprint density at radius 1 is 0.170 bits per heavy atom. The first-order valence-corrected chi connectivity index (χ1v) is 34.5. The first-order chi connectivity index (χ1) is 43.6. The fourth-order valence-corrected chi connectivity index (χ4v) is 24.0. The second-order valence-electron chi connectivity index (χ2n) is 23.1. The topological polar surface area (TPSA) is 6.48 Å². The van der Waals surface area contributed by atoms with Gasteiger partial charge in [0.2, 0.25) is 0 Å². The Balaban J connectivity index is 0.889. The summed E-state index contributed by atoms with van der Waals surface area (Å²) < 4.78 is 0. The molecule has 0 aliphatic carbocycles. The van der Waals surface area contributed by atoms with Gasteiger partial charge in [0.25, 0.3) is 0 Å². The van der Waals surface area contributed by atoms with E-state index in [0.717, 1.165) is 34.1 Å². The van der Waals surface area contributed by atoms with Crippen molar-refractivity contribution in [2.75, 3.05) is 9.80 Å². The van der Waals surface area contributed by atoms with Crippen LogP contribution < -0.4 is 51.3 Å². The number of anilines is 6. The molecule has 0 saturated carbocycles. The van der Waals surface area contributed by atoms with Crippen LogP contribution in [0.25, 0.3) is 53.9 Å². The summed E-state index contributed by atoms with van der Waals surface area (Å²) in [4.78, 5) is 4.98. The van der Waals surface area contributed by atoms with Crippen molar-refractivity contribution >= 4 is 146 Å². The number of fused-ring (bicyclic) bond motifs is 2. The van der Waals surface area contributed by atoms with Crippen LogP contribution in [0.3, 0.4) is 0 Å². The van der Waals surface area contributed by atoms with Gasteiger partial charge in [0.15, 0.2) is 16.1 Å². The van der Waals surface area contributed by atoms with Gasteiger partial charge in [-0.3, -0.25) is 0 Å². The van der Waals surface area contributed by atoms with Crippen LogP contribution in [0.15, 0.2) is 364 Å². The molecule has 0 aromatic heterocycles. The molecule has 0 unspecified atom stereocenters. The van der Waals surface area contributed by atoms with Gasteiger partial charge < -0.3 is 9.80 Å². The zero-order chi connectivity index (χ0) is 58.4. The van der Waals surface area contributed by atoms with Crippen molar-refractivity contribution in [2.24, 2.45) is 0 Å². The van der Waals surface area contributed by atoms with Crippen LogP contribution >= 0.6 is 0 Å². The molecule has 88 heavy (non-hydrogen) atoms. The molecule has 0 spiro atoms. The Labute approximate surface area is 516 Å². The van der Waals surface area contributed by atoms with E-state index in [9.17, 15) is 0 Å². The monoisotopic (exact) mass is 1150 g/mol. The lowest BCUT2D eigenvalue weighted by atomic mass is 9.91. The molecule has 0 N–H and O–H groups in total. The third-order valence-corrected chi connectivity index (χ3v) is 28.0. The molecule has 0 aliphatic rings. The van der Waals surface area contributed by atoms with E-state index in [0.29, 0.717) is 0 Å². The van der Waals surface area contributed by atoms with Crippen LogP contribution in [-0.2, 0) is 0 Å². The molecule has 0 saturated heterocycles. The summed E-state index contributed by atoms with van der Waals surface area (Å²) in [5.41, 5.74) is 6.64. The van der Waals surface area contributed by atoms with Gasteiger partial charge in [0.1, 0.15) is 0 Å². The highest BCUT2D eigenvalue weighted by atomic mass is 28.3. The van der Waals surface area contributed by atoms with Gasteiger partial charge in [-0.05, 0) is 145 Å². The second kappa shape index (κ2) is 22.2. The lowest BCUT2D eigenvalue weighted by molar-refractivity contribution is 1.30. The number of nitrogens with zero attached hydrogens (tertiary/aromatic N) is 2. The standard InChI is InChI=1S/C84H60N2Si2/c1-7-27-71(28-8-1)87(72-29-9-2-10-30-72,73-31-11-3-12-32-73)77-51-47-67(48-52-77)85(69-45-39-61-23-19-21-25-65(61)59-69)81-57-43-63-42-56-80-82(58-44-64-41-55-79(81)83(63)84(64)80)86(70-46-40-62-24-20-22-26-66(62)60-70)68-49-53-78(54-50-68)88(74-33-13-4-14-34-74,75-35-15-5-16-36-75)76-37-17-6-18-38-76/h1-60H. The molecule has 16 aromatic carbocycles. The Hall–Kier alpha value is -10.9. The fraction of sp³-hybridized carbons (Fsp3) is 0. The van der Waals surface area contributed by atoms with E-state index in [-0.39, 0.29) is 0 Å². The van der Waals surface area contributed by atoms with Crippen molar-refractivity contribution < 1.29 is 0 Å². The predicted molar refractivity (Wildman–Crippen MR) is 382 cm³/mol. The average Bonchev–Trinajstić information content (AvgIpc) is 0.834. The number of hydrogen-bond acceptors (Lipinski definition) is 2. The lowest BCUT2D eigenvalue weighted by Gasteiger charge is -2.35. The van der Waals surface area contributed by atoms with Gasteiger partial charge in [0, 0.05) is 33.5 Å². The van der Waals surface area contributed by atoms with Gasteiger partial charge in [-0.2, -0.15) is 0 Å². The smallest absolute Gasteiger partial charge is 0.179 e. The van der Waals surface area contributed by atoms with Crippen molar-refractivity contribution in [1.29, 1.82) is 0 Å². The van der Waals surface area contributed by atoms with Crippen molar-refractivity contribution in [2.45, 2.75) is 0 Å². The van der Waals surface area contributed by atoms with Crippen LogP contribution in [-0.4, -0.2) is 16.1 Å². The zero-order valence-corrected chi connectivity index (χ0v) is 50.5. The van der Waals surface area contributed by atoms with E-state index in [1.54, 1.807) is 0 Å². The normalized spacial score (nSPS) is 11.9. The Morgan fingerprint density at radius 3 is 0.716 bits per heavy atom. The molecule has 16 rings (SSSR count). The molecular weight excluding hydrogens is 1090 g/mol. The second-order valence-corrected chi connectivity index (χ2v) is 30.7. The Bertz CT molecular complexity index is 4600. The SMILES string of the molecule is c1ccc([Si](c2ccccc2)(c2ccccc2)c2ccc(N(c3ccc4ccccc4c3)c3ccc4ccc5c(N(c6ccc([Si](c7ccccc7)(c7ccccc7)c7ccccc7)cc6)c6ccc7ccccc7c6)ccc6ccc3c4c65)cc2)cc1. The van der Waals surface area contributed by atoms with Crippen LogP contribution in [0.5, 0.6) is 0 Å². The summed E-state index contributed by atoms with van der Waals surface area (Å²) >= 11 is 0. The first kappa shape index (κ1) is 52.7. The average molecular weight is 1150 g/mol. The summed E-state index contributed by atoms with van der Waals surface area (Å²) in [6.07, 6.45) is 0. The molecular formula is C84H60N2Si2. The van der Waals surface area contributed by atoms with Crippen LogP contribution in [0.2, 0.25) is 0 Å². The summed E-state index contributed by atoms with van der Waals surface area (Å²) in [5.74, 6) is 0. The molecule has 4 heteroatoms. The number of rotatable bonds is 14. The molecule has 2 nitrogen and oxygen atoms in total. The lowest BCUT2D eigenvalue weighted by Crippen LogP contribution is -2.74. The maximum absolute atomic E-state index is 2.79. The van der Waals surface area contributed by atoms with Crippen LogP contribution in [0, 0.1) is 0 Å². The fourth-order valence-electron chi connectivity index (χ4n) is 14.5. The number of hydrogen-bond donors (Lipinski definition) is 0. The van der Waals surface area contributed by atoms with Gasteiger partial charge in [-0.25, -0.2) is 0 Å². The van der Waals surface area contributed by atoms with E-state index < -0.39 is 16.1 Å². The highest BCUT2D eigenvalue weighted by Crippen LogP contribution is 2.48. The molecule has 16 aromatic rings. The highest BCUT2D eigenvalue weighted by molar-refractivity contribution is 7.20. The van der Waals surface area contributed by atoms with Crippen LogP contribution in [0.4, 0.5) is 34.1 Å². The molecule has 414 valence electrons. The number of benzene rings is 16. The van der Waals surface area contributed by atoms with Crippen molar-refractivity contribution in [3.05, 3.63) is 364 Å². The predicted octanol–water partition coefficient (Wildman–Crippen LogP) is 16.6. The van der Waals surface area contributed by atoms with Crippen LogP contribution in [0.1, 0.15) is 0 Å². The van der Waals surface area contributed by atoms with Gasteiger partial charge >= 0.3 is 0 Å². The minimum Gasteiger partial charge on any atom is -0.310 e. The minimum atomic E-state index is -2.79. The molecule has 0 radical (unpaired) electrons. The summed E-state index contributed by atoms with van der Waals surface area (Å²) in [5, 5.41) is 22.9. The first-order valence-electron chi connectivity index (χ1n) is 30.5. The Kier molecular flexibility index (Phi) is 13.3. The van der Waals surface area contributed by atoms with Gasteiger partial charge in [-0.1, -0.05) is 303 Å². The van der Waals surface area contributed by atoms with E-state index in [1.165, 1.54) is 95.4 Å². The molecule has 0 bridgehead atoms. The van der Waals surface area contributed by atoms with E-state index in [1.807, 2.05) is 0 Å². The molecule has 0 atom stereocenters. The molecule has 0 amide bonds. The summed E-state index contributed by atoms with van der Waals surface area (Å²) in [6.45, 7) is 0. The third-order valence-electron chi connectivity index (χ3n) is 18.4.